The molecule has 6 nitrogen and oxygen atoms in total. The third kappa shape index (κ3) is 5.22. The molecule has 1 aliphatic rings. The van der Waals surface area contributed by atoms with Gasteiger partial charge in [0.1, 0.15) is 5.82 Å². The zero-order valence-corrected chi connectivity index (χ0v) is 15.7. The molecule has 0 radical (unpaired) electrons. The van der Waals surface area contributed by atoms with Gasteiger partial charge in [-0.05, 0) is 30.7 Å². The third-order valence-electron chi connectivity index (χ3n) is 4.72. The van der Waals surface area contributed by atoms with E-state index in [1.807, 2.05) is 18.2 Å². The van der Waals surface area contributed by atoms with Crippen molar-refractivity contribution in [3.63, 3.8) is 0 Å². The number of amides is 3. The van der Waals surface area contributed by atoms with Gasteiger partial charge in [0.25, 0.3) is 5.91 Å². The highest BCUT2D eigenvalue weighted by Crippen LogP contribution is 2.15. The molecule has 1 heterocycles. The molecular weight excluding hydrogens is 359 g/mol. The molecule has 1 saturated heterocycles. The molecule has 7 heteroatoms. The van der Waals surface area contributed by atoms with E-state index in [0.717, 1.165) is 13.1 Å². The Morgan fingerprint density at radius 2 is 1.50 bits per heavy atom. The molecule has 0 atom stereocenters. The second-order valence-electron chi connectivity index (χ2n) is 6.63. The molecule has 2 aromatic rings. The normalized spacial score (nSPS) is 13.9. The smallest absolute Gasteiger partial charge is 0.317 e. The largest absolute Gasteiger partial charge is 0.368 e. The highest BCUT2D eigenvalue weighted by atomic mass is 19.1. The first-order valence-electron chi connectivity index (χ1n) is 9.50. The minimum Gasteiger partial charge on any atom is -0.368 e. The van der Waals surface area contributed by atoms with E-state index in [0.29, 0.717) is 32.6 Å². The molecule has 0 aliphatic carbocycles. The number of rotatable bonds is 6. The number of benzene rings is 2. The number of carbonyl (C=O) groups excluding carboxylic acids is 2. The quantitative estimate of drug-likeness (QED) is 0.752. The summed E-state index contributed by atoms with van der Waals surface area (Å²) in [6, 6.07) is 15.9. The summed E-state index contributed by atoms with van der Waals surface area (Å²) >= 11 is 0. The maximum Gasteiger partial charge on any atom is 0.317 e. The van der Waals surface area contributed by atoms with Crippen molar-refractivity contribution < 1.29 is 14.0 Å². The van der Waals surface area contributed by atoms with Gasteiger partial charge in [-0.3, -0.25) is 4.79 Å². The molecule has 3 rings (SSSR count). The maximum atomic E-state index is 13.5. The molecule has 0 saturated carbocycles. The van der Waals surface area contributed by atoms with Gasteiger partial charge in [0.2, 0.25) is 0 Å². The molecule has 0 bridgehead atoms. The van der Waals surface area contributed by atoms with Crippen LogP contribution in [0.5, 0.6) is 0 Å². The Labute approximate surface area is 164 Å². The number of hydrogen-bond acceptors (Lipinski definition) is 3. The summed E-state index contributed by atoms with van der Waals surface area (Å²) in [6.45, 7) is 3.77. The molecule has 148 valence electrons. The number of nitrogens with one attached hydrogen (secondary N) is 2. The first-order chi connectivity index (χ1) is 13.6. The number of halogens is 1. The number of piperazine rings is 1. The molecule has 1 fully saturated rings. The van der Waals surface area contributed by atoms with Crippen molar-refractivity contribution in [2.24, 2.45) is 0 Å². The van der Waals surface area contributed by atoms with E-state index in [-0.39, 0.29) is 11.6 Å². The molecule has 2 N–H and O–H groups in total. The number of urea groups is 1. The number of hydrogen-bond donors (Lipinski definition) is 2. The van der Waals surface area contributed by atoms with E-state index >= 15 is 0 Å². The van der Waals surface area contributed by atoms with Gasteiger partial charge in [-0.15, -0.1) is 0 Å². The van der Waals surface area contributed by atoms with Crippen LogP contribution in [0.3, 0.4) is 0 Å². The summed E-state index contributed by atoms with van der Waals surface area (Å²) in [5, 5.41) is 5.54. The van der Waals surface area contributed by atoms with E-state index in [9.17, 15) is 14.0 Å². The van der Waals surface area contributed by atoms with Crippen molar-refractivity contribution in [1.82, 2.24) is 15.5 Å². The van der Waals surface area contributed by atoms with Crippen LogP contribution < -0.4 is 15.5 Å². The van der Waals surface area contributed by atoms with Crippen LogP contribution in [0.25, 0.3) is 0 Å². The van der Waals surface area contributed by atoms with E-state index in [1.54, 1.807) is 17.0 Å². The second kappa shape index (κ2) is 9.73. The molecule has 3 amide bonds. The molecule has 1 aliphatic heterocycles. The molecular formula is C21H25FN4O2. The number of para-hydroxylation sites is 1. The SMILES string of the molecule is O=C(NCCCNC(=O)N1CCN(c2ccccc2)CC1)c1ccccc1F. The van der Waals surface area contributed by atoms with E-state index in [1.165, 1.54) is 17.8 Å². The zero-order valence-electron chi connectivity index (χ0n) is 15.7. The minimum absolute atomic E-state index is 0.0304. The van der Waals surface area contributed by atoms with Gasteiger partial charge in [0, 0.05) is 45.0 Å². The highest BCUT2D eigenvalue weighted by molar-refractivity contribution is 5.94. The Bertz CT molecular complexity index is 792. The average Bonchev–Trinajstić information content (AvgIpc) is 2.74. The lowest BCUT2D eigenvalue weighted by Crippen LogP contribution is -2.52. The molecule has 0 unspecified atom stereocenters. The lowest BCUT2D eigenvalue weighted by atomic mass is 10.2. The Kier molecular flexibility index (Phi) is 6.84. The van der Waals surface area contributed by atoms with Gasteiger partial charge in [0.05, 0.1) is 5.56 Å². The predicted molar refractivity (Wildman–Crippen MR) is 107 cm³/mol. The van der Waals surface area contributed by atoms with E-state index in [2.05, 4.69) is 27.7 Å². The predicted octanol–water partition coefficient (Wildman–Crippen LogP) is 2.48. The van der Waals surface area contributed by atoms with Crippen molar-refractivity contribution in [2.75, 3.05) is 44.2 Å². The number of anilines is 1. The Balaban J connectivity index is 1.32. The maximum absolute atomic E-state index is 13.5. The van der Waals surface area contributed by atoms with Crippen LogP contribution >= 0.6 is 0 Å². The van der Waals surface area contributed by atoms with Crippen LogP contribution in [-0.2, 0) is 0 Å². The summed E-state index contributed by atoms with van der Waals surface area (Å²) in [4.78, 5) is 28.2. The minimum atomic E-state index is -0.539. The summed E-state index contributed by atoms with van der Waals surface area (Å²) in [7, 11) is 0. The van der Waals surface area contributed by atoms with Crippen molar-refractivity contribution >= 4 is 17.6 Å². The first-order valence-corrected chi connectivity index (χ1v) is 9.50. The number of carbonyl (C=O) groups is 2. The monoisotopic (exact) mass is 384 g/mol. The molecule has 0 aromatic heterocycles. The van der Waals surface area contributed by atoms with Gasteiger partial charge in [-0.2, -0.15) is 0 Å². The number of nitrogens with zero attached hydrogens (tertiary/aromatic N) is 2. The van der Waals surface area contributed by atoms with Crippen molar-refractivity contribution in [1.29, 1.82) is 0 Å². The van der Waals surface area contributed by atoms with Crippen LogP contribution in [0.2, 0.25) is 0 Å². The molecule has 2 aromatic carbocycles. The van der Waals surface area contributed by atoms with Gasteiger partial charge >= 0.3 is 6.03 Å². The van der Waals surface area contributed by atoms with Crippen LogP contribution in [-0.4, -0.2) is 56.1 Å². The zero-order chi connectivity index (χ0) is 19.8. The summed E-state index contributed by atoms with van der Waals surface area (Å²) in [5.41, 5.74) is 1.20. The Hall–Kier alpha value is -3.09. The fourth-order valence-corrected chi connectivity index (χ4v) is 3.14. The lowest BCUT2D eigenvalue weighted by molar-refractivity contribution is 0.0949. The standard InChI is InChI=1S/C21H25FN4O2/c22-19-10-5-4-9-18(19)20(27)23-11-6-12-24-21(28)26-15-13-25(14-16-26)17-7-2-1-3-8-17/h1-5,7-10H,6,11-16H2,(H,23,27)(H,24,28). The molecule has 0 spiro atoms. The van der Waals surface area contributed by atoms with Gasteiger partial charge in [-0.1, -0.05) is 30.3 Å². The Morgan fingerprint density at radius 3 is 2.21 bits per heavy atom. The summed E-state index contributed by atoms with van der Waals surface area (Å²) in [5.74, 6) is -0.982. The van der Waals surface area contributed by atoms with Gasteiger partial charge in [-0.25, -0.2) is 9.18 Å². The topological polar surface area (TPSA) is 64.7 Å². The summed E-state index contributed by atoms with van der Waals surface area (Å²) in [6.07, 6.45) is 0.579. The molecule has 28 heavy (non-hydrogen) atoms. The average molecular weight is 384 g/mol. The van der Waals surface area contributed by atoms with Gasteiger partial charge < -0.3 is 20.4 Å². The summed E-state index contributed by atoms with van der Waals surface area (Å²) < 4.78 is 13.5. The van der Waals surface area contributed by atoms with Crippen LogP contribution in [0.15, 0.2) is 54.6 Å². The fraction of sp³-hybridized carbons (Fsp3) is 0.333. The van der Waals surface area contributed by atoms with Crippen molar-refractivity contribution in [2.45, 2.75) is 6.42 Å². The third-order valence-corrected chi connectivity index (χ3v) is 4.72. The van der Waals surface area contributed by atoms with Gasteiger partial charge in [0.15, 0.2) is 0 Å². The van der Waals surface area contributed by atoms with E-state index in [4.69, 9.17) is 0 Å². The van der Waals surface area contributed by atoms with Crippen LogP contribution in [0.1, 0.15) is 16.8 Å². The van der Waals surface area contributed by atoms with Crippen LogP contribution in [0.4, 0.5) is 14.9 Å². The first kappa shape index (κ1) is 19.7. The lowest BCUT2D eigenvalue weighted by Gasteiger charge is -2.36. The van der Waals surface area contributed by atoms with Crippen LogP contribution in [0, 0.1) is 5.82 Å². The second-order valence-corrected chi connectivity index (χ2v) is 6.63. The highest BCUT2D eigenvalue weighted by Gasteiger charge is 2.20. The Morgan fingerprint density at radius 1 is 0.857 bits per heavy atom. The fourth-order valence-electron chi connectivity index (χ4n) is 3.14. The van der Waals surface area contributed by atoms with Crippen molar-refractivity contribution in [3.8, 4) is 0 Å². The van der Waals surface area contributed by atoms with Crippen molar-refractivity contribution in [3.05, 3.63) is 66.0 Å². The van der Waals surface area contributed by atoms with E-state index < -0.39 is 11.7 Å².